The second kappa shape index (κ2) is 12.0. The van der Waals surface area contributed by atoms with E-state index < -0.39 is 32.8 Å². The first-order valence-electron chi connectivity index (χ1n) is 9.82. The smallest absolute Gasteiger partial charge is 0.274 e. The number of hydrogen-bond donors (Lipinski definition) is 3. The van der Waals surface area contributed by atoms with E-state index in [0.29, 0.717) is 6.42 Å². The molecule has 0 saturated heterocycles. The fraction of sp³-hybridized carbons (Fsp3) is 0.700. The molecular weight excluding hydrogens is 380 g/mol. The van der Waals surface area contributed by atoms with E-state index in [1.165, 1.54) is 13.8 Å². The molecule has 28 heavy (non-hydrogen) atoms. The summed E-state index contributed by atoms with van der Waals surface area (Å²) in [4.78, 5) is 24.4. The monoisotopic (exact) mass is 416 g/mol. The molecule has 0 fully saturated rings. The van der Waals surface area contributed by atoms with Crippen LogP contribution in [0.2, 0.25) is 0 Å². The Bertz CT molecular complexity index is 644. The lowest BCUT2D eigenvalue weighted by Crippen LogP contribution is -2.64. The van der Waals surface area contributed by atoms with Gasteiger partial charge in [0.05, 0.1) is 0 Å². The van der Waals surface area contributed by atoms with Crippen molar-refractivity contribution in [2.75, 3.05) is 0 Å². The number of rotatable bonds is 14. The van der Waals surface area contributed by atoms with E-state index >= 15 is 0 Å². The molecule has 0 heterocycles. The zero-order valence-electron chi connectivity index (χ0n) is 17.6. The molecule has 3 N–H and O–H groups in total. The number of amides is 2. The molecule has 1 unspecified atom stereocenters. The summed E-state index contributed by atoms with van der Waals surface area (Å²) in [6, 6.07) is 0. The fourth-order valence-electron chi connectivity index (χ4n) is 3.00. The van der Waals surface area contributed by atoms with Gasteiger partial charge in [-0.05, 0) is 26.7 Å². The first kappa shape index (κ1) is 26.3. The minimum Gasteiger partial charge on any atom is -0.331 e. The predicted octanol–water partition coefficient (Wildman–Crippen LogP) is 3.48. The summed E-state index contributed by atoms with van der Waals surface area (Å²) in [5.74, 6) is -1.20. The highest BCUT2D eigenvalue weighted by atomic mass is 32.2. The highest BCUT2D eigenvalue weighted by Gasteiger charge is 2.49. The van der Waals surface area contributed by atoms with Crippen LogP contribution in [0.4, 0.5) is 0 Å². The number of carbonyl (C=O) groups excluding carboxylic acids is 2. The van der Waals surface area contributed by atoms with E-state index in [1.807, 2.05) is 0 Å². The van der Waals surface area contributed by atoms with Gasteiger partial charge in [-0.3, -0.25) is 14.1 Å². The molecule has 0 aliphatic heterocycles. The molecule has 0 aliphatic carbocycles. The van der Waals surface area contributed by atoms with E-state index in [2.05, 4.69) is 30.7 Å². The van der Waals surface area contributed by atoms with Crippen LogP contribution in [0.3, 0.4) is 0 Å². The summed E-state index contributed by atoms with van der Waals surface area (Å²) in [5.41, 5.74) is 0.323. The van der Waals surface area contributed by atoms with Gasteiger partial charge in [-0.15, -0.1) is 0 Å². The minimum absolute atomic E-state index is 0.0123. The molecule has 2 amide bonds. The molecule has 0 aromatic heterocycles. The van der Waals surface area contributed by atoms with Crippen molar-refractivity contribution in [1.29, 1.82) is 0 Å². The third kappa shape index (κ3) is 7.75. The number of carbonyl (C=O) groups is 2. The zero-order chi connectivity index (χ0) is 22.0. The molecule has 8 heteroatoms. The standard InChI is InChI=1S/C20H36N2O5S/c1-7-9-10-11-12-13-14-20(8-2,28(25,26)27)19(21-17(23)15(3)4)22-18(24)16(5)6/h19H,3,5,7-14H2,1-2,4,6H3,(H,21,23)(H,22,24)(H,25,26,27). The van der Waals surface area contributed by atoms with Crippen LogP contribution >= 0.6 is 0 Å². The molecule has 0 aliphatic rings. The van der Waals surface area contributed by atoms with Crippen LogP contribution < -0.4 is 10.6 Å². The summed E-state index contributed by atoms with van der Waals surface area (Å²) in [7, 11) is -4.60. The van der Waals surface area contributed by atoms with Crippen LogP contribution in [0, 0.1) is 0 Å². The Hall–Kier alpha value is -1.67. The van der Waals surface area contributed by atoms with Crippen molar-refractivity contribution >= 4 is 21.9 Å². The van der Waals surface area contributed by atoms with Crippen molar-refractivity contribution in [2.24, 2.45) is 0 Å². The van der Waals surface area contributed by atoms with E-state index in [9.17, 15) is 22.6 Å². The van der Waals surface area contributed by atoms with Crippen LogP contribution in [0.1, 0.15) is 79.1 Å². The van der Waals surface area contributed by atoms with Gasteiger partial charge in [-0.2, -0.15) is 8.42 Å². The maximum absolute atomic E-state index is 12.4. The third-order valence-electron chi connectivity index (χ3n) is 4.92. The fourth-order valence-corrected chi connectivity index (χ4v) is 4.18. The Balaban J connectivity index is 5.74. The Labute approximate surface area is 169 Å². The van der Waals surface area contributed by atoms with Gasteiger partial charge >= 0.3 is 0 Å². The lowest BCUT2D eigenvalue weighted by atomic mass is 9.93. The van der Waals surface area contributed by atoms with E-state index in [-0.39, 0.29) is 24.0 Å². The number of nitrogens with one attached hydrogen (secondary N) is 2. The first-order valence-corrected chi connectivity index (χ1v) is 11.3. The van der Waals surface area contributed by atoms with Gasteiger partial charge in [0, 0.05) is 11.1 Å². The van der Waals surface area contributed by atoms with Crippen LogP contribution in [0.5, 0.6) is 0 Å². The lowest BCUT2D eigenvalue weighted by molar-refractivity contribution is -0.121. The van der Waals surface area contributed by atoms with Crippen molar-refractivity contribution in [2.45, 2.75) is 90.0 Å². The first-order chi connectivity index (χ1) is 12.9. The molecule has 7 nitrogen and oxygen atoms in total. The highest BCUT2D eigenvalue weighted by Crippen LogP contribution is 2.31. The summed E-state index contributed by atoms with van der Waals surface area (Å²) in [6.45, 7) is 13.8. The molecular formula is C20H36N2O5S. The molecule has 0 rings (SSSR count). The van der Waals surface area contributed by atoms with Gasteiger partial charge in [-0.1, -0.05) is 65.5 Å². The third-order valence-corrected chi connectivity index (χ3v) is 6.67. The van der Waals surface area contributed by atoms with Crippen LogP contribution in [-0.4, -0.2) is 35.7 Å². The van der Waals surface area contributed by atoms with Gasteiger partial charge in [0.25, 0.3) is 10.1 Å². The molecule has 0 aromatic rings. The molecule has 0 bridgehead atoms. The zero-order valence-corrected chi connectivity index (χ0v) is 18.5. The van der Waals surface area contributed by atoms with Crippen molar-refractivity contribution in [3.8, 4) is 0 Å². The van der Waals surface area contributed by atoms with Crippen molar-refractivity contribution in [3.05, 3.63) is 24.3 Å². The second-order valence-corrected chi connectivity index (χ2v) is 9.11. The van der Waals surface area contributed by atoms with Gasteiger partial charge in [0.1, 0.15) is 10.9 Å². The van der Waals surface area contributed by atoms with Gasteiger partial charge < -0.3 is 10.6 Å². The number of hydrogen-bond acceptors (Lipinski definition) is 4. The minimum atomic E-state index is -4.60. The topological polar surface area (TPSA) is 113 Å². The summed E-state index contributed by atoms with van der Waals surface area (Å²) < 4.78 is 33.1. The molecule has 0 aromatic carbocycles. The Morgan fingerprint density at radius 1 is 0.929 bits per heavy atom. The second-order valence-electron chi connectivity index (χ2n) is 7.35. The average Bonchev–Trinajstić information content (AvgIpc) is 2.59. The van der Waals surface area contributed by atoms with Gasteiger partial charge in [-0.25, -0.2) is 0 Å². The molecule has 1 atom stereocenters. The van der Waals surface area contributed by atoms with Crippen LogP contribution in [-0.2, 0) is 19.7 Å². The summed E-state index contributed by atoms with van der Waals surface area (Å²) >= 11 is 0. The maximum Gasteiger partial charge on any atom is 0.274 e. The Morgan fingerprint density at radius 2 is 1.36 bits per heavy atom. The number of unbranched alkanes of at least 4 members (excludes halogenated alkanes) is 5. The van der Waals surface area contributed by atoms with Crippen LogP contribution in [0.25, 0.3) is 0 Å². The molecule has 162 valence electrons. The normalized spacial score (nSPS) is 13.6. The Morgan fingerprint density at radius 3 is 1.71 bits per heavy atom. The van der Waals surface area contributed by atoms with E-state index in [0.717, 1.165) is 32.1 Å². The largest absolute Gasteiger partial charge is 0.331 e. The summed E-state index contributed by atoms with van der Waals surface area (Å²) in [5, 5.41) is 5.02. The predicted molar refractivity (Wildman–Crippen MR) is 112 cm³/mol. The van der Waals surface area contributed by atoms with Gasteiger partial charge in [0.2, 0.25) is 11.8 Å². The molecule has 0 saturated carbocycles. The van der Waals surface area contributed by atoms with Crippen molar-refractivity contribution < 1.29 is 22.6 Å². The van der Waals surface area contributed by atoms with Gasteiger partial charge in [0.15, 0.2) is 0 Å². The lowest BCUT2D eigenvalue weighted by Gasteiger charge is -2.38. The SMILES string of the molecule is C=C(C)C(=O)NC(NC(=O)C(=C)C)C(CC)(CCCCCCCC)S(=O)(=O)O. The average molecular weight is 417 g/mol. The molecule has 0 radical (unpaired) electrons. The quantitative estimate of drug-likeness (QED) is 0.174. The van der Waals surface area contributed by atoms with Crippen LogP contribution in [0.15, 0.2) is 24.3 Å². The molecule has 0 spiro atoms. The van der Waals surface area contributed by atoms with E-state index in [4.69, 9.17) is 0 Å². The Kier molecular flexibility index (Phi) is 11.3. The van der Waals surface area contributed by atoms with E-state index in [1.54, 1.807) is 6.92 Å². The van der Waals surface area contributed by atoms with Crippen molar-refractivity contribution in [1.82, 2.24) is 10.6 Å². The maximum atomic E-state index is 12.4. The van der Waals surface area contributed by atoms with Crippen molar-refractivity contribution in [3.63, 3.8) is 0 Å². The highest BCUT2D eigenvalue weighted by molar-refractivity contribution is 7.87. The summed E-state index contributed by atoms with van der Waals surface area (Å²) in [6.07, 6.45) is 4.38.